The Labute approximate surface area is 105 Å². The van der Waals surface area contributed by atoms with Crippen molar-refractivity contribution in [3.8, 4) is 6.07 Å². The number of hydrogen-bond acceptors (Lipinski definition) is 3. The Morgan fingerprint density at radius 1 is 1.35 bits per heavy atom. The van der Waals surface area contributed by atoms with Gasteiger partial charge >= 0.3 is 0 Å². The Morgan fingerprint density at radius 3 is 2.53 bits per heavy atom. The zero-order valence-corrected chi connectivity index (χ0v) is 11.5. The van der Waals surface area contributed by atoms with E-state index in [2.05, 4.69) is 16.7 Å². The number of nitriles is 1. The first kappa shape index (κ1) is 15.9. The summed E-state index contributed by atoms with van der Waals surface area (Å²) in [6.07, 6.45) is 2.36. The molecular formula is C13H25N3O. The van der Waals surface area contributed by atoms with Crippen molar-refractivity contribution < 1.29 is 4.79 Å². The average molecular weight is 239 g/mol. The largest absolute Gasteiger partial charge is 0.354 e. The van der Waals surface area contributed by atoms with Crippen LogP contribution >= 0.6 is 0 Å². The monoisotopic (exact) mass is 239 g/mol. The third-order valence-corrected chi connectivity index (χ3v) is 2.44. The second-order valence-corrected chi connectivity index (χ2v) is 5.32. The summed E-state index contributed by atoms with van der Waals surface area (Å²) in [5.74, 6) is 0.0878. The van der Waals surface area contributed by atoms with Crippen molar-refractivity contribution in [3.05, 3.63) is 0 Å². The molecule has 0 bridgehead atoms. The smallest absolute Gasteiger partial charge is 0.221 e. The molecule has 0 unspecified atom stereocenters. The lowest BCUT2D eigenvalue weighted by atomic mass is 9.90. The van der Waals surface area contributed by atoms with Gasteiger partial charge < -0.3 is 10.6 Å². The molecule has 0 spiro atoms. The summed E-state index contributed by atoms with van der Waals surface area (Å²) in [7, 11) is 0. The molecule has 0 aliphatic carbocycles. The fourth-order valence-corrected chi connectivity index (χ4v) is 1.43. The average Bonchev–Trinajstić information content (AvgIpc) is 2.22. The van der Waals surface area contributed by atoms with Gasteiger partial charge in [0, 0.05) is 19.0 Å². The molecule has 0 rings (SSSR count). The highest BCUT2D eigenvalue weighted by molar-refractivity contribution is 5.76. The van der Waals surface area contributed by atoms with Crippen molar-refractivity contribution >= 4 is 5.91 Å². The van der Waals surface area contributed by atoms with E-state index in [1.807, 2.05) is 27.7 Å². The first-order valence-electron chi connectivity index (χ1n) is 6.29. The first-order valence-corrected chi connectivity index (χ1v) is 6.29. The zero-order chi connectivity index (χ0) is 13.3. The van der Waals surface area contributed by atoms with Crippen molar-refractivity contribution in [3.63, 3.8) is 0 Å². The fraction of sp³-hybridized carbons (Fsp3) is 0.846. The summed E-state index contributed by atoms with van der Waals surface area (Å²) in [4.78, 5) is 11.3. The summed E-state index contributed by atoms with van der Waals surface area (Å²) < 4.78 is 0. The number of carbonyl (C=O) groups excluding carboxylic acids is 1. The van der Waals surface area contributed by atoms with Crippen molar-refractivity contribution in [2.75, 3.05) is 13.1 Å². The summed E-state index contributed by atoms with van der Waals surface area (Å²) >= 11 is 0. The van der Waals surface area contributed by atoms with Crippen LogP contribution in [0.15, 0.2) is 0 Å². The number of hydrogen-bond donors (Lipinski definition) is 2. The molecule has 0 fully saturated rings. The first-order chi connectivity index (χ1) is 7.87. The summed E-state index contributed by atoms with van der Waals surface area (Å²) in [6.45, 7) is 9.36. The van der Waals surface area contributed by atoms with Gasteiger partial charge in [0.1, 0.15) is 0 Å². The summed E-state index contributed by atoms with van der Waals surface area (Å²) in [6, 6.07) is 2.49. The van der Waals surface area contributed by atoms with Crippen molar-refractivity contribution in [1.82, 2.24) is 10.6 Å². The van der Waals surface area contributed by atoms with E-state index < -0.39 is 0 Å². The van der Waals surface area contributed by atoms with Gasteiger partial charge in [-0.25, -0.2) is 0 Å². The Bertz CT molecular complexity index is 266. The van der Waals surface area contributed by atoms with E-state index in [4.69, 9.17) is 5.26 Å². The van der Waals surface area contributed by atoms with Gasteiger partial charge in [0.2, 0.25) is 5.91 Å². The van der Waals surface area contributed by atoms with Crippen molar-refractivity contribution in [2.45, 2.75) is 53.0 Å². The predicted molar refractivity (Wildman–Crippen MR) is 69.4 cm³/mol. The van der Waals surface area contributed by atoms with E-state index in [1.54, 1.807) is 0 Å². The minimum absolute atomic E-state index is 0.0878. The molecule has 4 heteroatoms. The number of amides is 1. The minimum Gasteiger partial charge on any atom is -0.354 e. The van der Waals surface area contributed by atoms with E-state index in [0.717, 1.165) is 19.4 Å². The van der Waals surface area contributed by atoms with Crippen molar-refractivity contribution in [1.29, 1.82) is 5.26 Å². The Kier molecular flexibility index (Phi) is 7.56. The standard InChI is InChI=1S/C13H25N3O/c1-11(2)16-12(17)6-9-15-8-5-7-13(3,4)10-14/h11,15H,5-9H2,1-4H3,(H,16,17). The van der Waals surface area contributed by atoms with Crippen LogP contribution in [0.2, 0.25) is 0 Å². The molecule has 0 aromatic rings. The van der Waals surface area contributed by atoms with E-state index in [1.165, 1.54) is 0 Å². The topological polar surface area (TPSA) is 64.9 Å². The van der Waals surface area contributed by atoms with Gasteiger partial charge in [-0.15, -0.1) is 0 Å². The second kappa shape index (κ2) is 8.08. The van der Waals surface area contributed by atoms with Crippen molar-refractivity contribution in [2.24, 2.45) is 5.41 Å². The van der Waals surface area contributed by atoms with Gasteiger partial charge in [0.25, 0.3) is 0 Å². The quantitative estimate of drug-likeness (QED) is 0.635. The van der Waals surface area contributed by atoms with Crippen LogP contribution in [0.4, 0.5) is 0 Å². The highest BCUT2D eigenvalue weighted by Crippen LogP contribution is 2.19. The molecule has 2 N–H and O–H groups in total. The number of rotatable bonds is 8. The third kappa shape index (κ3) is 9.83. The zero-order valence-electron chi connectivity index (χ0n) is 11.5. The Balaban J connectivity index is 3.42. The van der Waals surface area contributed by atoms with Gasteiger partial charge in [0.05, 0.1) is 11.5 Å². The lowest BCUT2D eigenvalue weighted by Crippen LogP contribution is -2.32. The van der Waals surface area contributed by atoms with E-state index in [-0.39, 0.29) is 17.4 Å². The van der Waals surface area contributed by atoms with Crippen LogP contribution in [0.5, 0.6) is 0 Å². The molecule has 4 nitrogen and oxygen atoms in total. The van der Waals surface area contributed by atoms with Crippen LogP contribution in [-0.2, 0) is 4.79 Å². The molecular weight excluding hydrogens is 214 g/mol. The van der Waals surface area contributed by atoms with Crippen LogP contribution in [-0.4, -0.2) is 25.0 Å². The van der Waals surface area contributed by atoms with Crippen LogP contribution < -0.4 is 10.6 Å². The molecule has 0 aliphatic heterocycles. The summed E-state index contributed by atoms with van der Waals surface area (Å²) in [5.41, 5.74) is -0.239. The lowest BCUT2D eigenvalue weighted by molar-refractivity contribution is -0.121. The maximum absolute atomic E-state index is 11.3. The molecule has 1 amide bonds. The molecule has 0 atom stereocenters. The minimum atomic E-state index is -0.239. The number of carbonyl (C=O) groups is 1. The van der Waals surface area contributed by atoms with Gasteiger partial charge in [-0.3, -0.25) is 4.79 Å². The van der Waals surface area contributed by atoms with Gasteiger partial charge in [-0.1, -0.05) is 0 Å². The molecule has 98 valence electrons. The predicted octanol–water partition coefficient (Wildman–Crippen LogP) is 1.82. The molecule has 0 saturated heterocycles. The third-order valence-electron chi connectivity index (χ3n) is 2.44. The SMILES string of the molecule is CC(C)NC(=O)CCNCCCC(C)(C)C#N. The van der Waals surface area contributed by atoms with E-state index in [0.29, 0.717) is 13.0 Å². The molecule has 0 aromatic heterocycles. The van der Waals surface area contributed by atoms with Crippen LogP contribution in [0, 0.1) is 16.7 Å². The number of nitrogens with zero attached hydrogens (tertiary/aromatic N) is 1. The van der Waals surface area contributed by atoms with Crippen LogP contribution in [0.25, 0.3) is 0 Å². The Morgan fingerprint density at radius 2 is 2.00 bits per heavy atom. The van der Waals surface area contributed by atoms with E-state index >= 15 is 0 Å². The maximum Gasteiger partial charge on any atom is 0.221 e. The normalized spacial score (nSPS) is 11.3. The highest BCUT2D eigenvalue weighted by Gasteiger charge is 2.15. The maximum atomic E-state index is 11.3. The van der Waals surface area contributed by atoms with Gasteiger partial charge in [-0.2, -0.15) is 5.26 Å². The fourth-order valence-electron chi connectivity index (χ4n) is 1.43. The lowest BCUT2D eigenvalue weighted by Gasteiger charge is -2.14. The van der Waals surface area contributed by atoms with Crippen LogP contribution in [0.3, 0.4) is 0 Å². The molecule has 0 saturated carbocycles. The molecule has 0 radical (unpaired) electrons. The van der Waals surface area contributed by atoms with Gasteiger partial charge in [0.15, 0.2) is 0 Å². The second-order valence-electron chi connectivity index (χ2n) is 5.32. The molecule has 0 aromatic carbocycles. The molecule has 17 heavy (non-hydrogen) atoms. The summed E-state index contributed by atoms with van der Waals surface area (Å²) in [5, 5.41) is 14.9. The molecule has 0 aliphatic rings. The molecule has 0 heterocycles. The number of nitrogens with one attached hydrogen (secondary N) is 2. The van der Waals surface area contributed by atoms with E-state index in [9.17, 15) is 4.79 Å². The van der Waals surface area contributed by atoms with Gasteiger partial charge in [-0.05, 0) is 47.1 Å². The van der Waals surface area contributed by atoms with Crippen LogP contribution in [0.1, 0.15) is 47.0 Å². The Hall–Kier alpha value is -1.08. The highest BCUT2D eigenvalue weighted by atomic mass is 16.1.